The molecule has 1 aromatic rings. The molecule has 0 fully saturated rings. The molecule has 0 aromatic heterocycles. The number of carbonyl (C=O) groups excluding carboxylic acids is 1. The number of hydrogen-bond acceptors (Lipinski definition) is 6. The Hall–Kier alpha value is -1.95. The van der Waals surface area contributed by atoms with E-state index in [0.29, 0.717) is 0 Å². The summed E-state index contributed by atoms with van der Waals surface area (Å²) < 4.78 is 14.4. The van der Waals surface area contributed by atoms with Gasteiger partial charge in [-0.15, -0.1) is 0 Å². The van der Waals surface area contributed by atoms with Crippen LogP contribution in [0.2, 0.25) is 0 Å². The molecule has 1 rings (SSSR count). The molecule has 0 heterocycles. The fraction of sp³-hybridized carbons (Fsp3) is 0.364. The van der Waals surface area contributed by atoms with E-state index in [0.717, 1.165) is 0 Å². The lowest BCUT2D eigenvalue weighted by molar-refractivity contribution is 0.0841. The van der Waals surface area contributed by atoms with E-state index in [1.807, 2.05) is 0 Å². The van der Waals surface area contributed by atoms with Gasteiger partial charge in [0.25, 0.3) is 0 Å². The van der Waals surface area contributed by atoms with Crippen LogP contribution in [-0.4, -0.2) is 43.9 Å². The van der Waals surface area contributed by atoms with E-state index in [4.69, 9.17) is 14.2 Å². The minimum absolute atomic E-state index is 0.0582. The van der Waals surface area contributed by atoms with E-state index < -0.39 is 11.5 Å². The van der Waals surface area contributed by atoms with Crippen molar-refractivity contribution < 1.29 is 29.2 Å². The standard InChI is InChI=1S/C11H14O6/c1-15-5-7(13)9-8(16-2)4-6(12)11(17-3)10(9)14/h4,12,14H,5H2,1-3H3. The largest absolute Gasteiger partial charge is 0.504 e. The third-order valence-electron chi connectivity index (χ3n) is 2.18. The van der Waals surface area contributed by atoms with Crippen molar-refractivity contribution >= 4 is 5.78 Å². The van der Waals surface area contributed by atoms with Gasteiger partial charge in [-0.1, -0.05) is 0 Å². The molecule has 6 nitrogen and oxygen atoms in total. The Morgan fingerprint density at radius 2 is 1.88 bits per heavy atom. The Bertz CT molecular complexity index is 426. The van der Waals surface area contributed by atoms with E-state index in [1.165, 1.54) is 27.4 Å². The van der Waals surface area contributed by atoms with Gasteiger partial charge in [0.05, 0.1) is 14.2 Å². The Kier molecular flexibility index (Phi) is 4.17. The summed E-state index contributed by atoms with van der Waals surface area (Å²) in [6.07, 6.45) is 0. The molecule has 0 saturated heterocycles. The second kappa shape index (κ2) is 5.40. The van der Waals surface area contributed by atoms with Crippen LogP contribution >= 0.6 is 0 Å². The highest BCUT2D eigenvalue weighted by Gasteiger charge is 2.23. The number of hydrogen-bond donors (Lipinski definition) is 2. The van der Waals surface area contributed by atoms with Crippen LogP contribution in [0.5, 0.6) is 23.0 Å². The average Bonchev–Trinajstić information content (AvgIpc) is 2.28. The number of rotatable bonds is 5. The molecule has 17 heavy (non-hydrogen) atoms. The maximum Gasteiger partial charge on any atom is 0.203 e. The fourth-order valence-electron chi connectivity index (χ4n) is 1.45. The van der Waals surface area contributed by atoms with Gasteiger partial charge >= 0.3 is 0 Å². The molecular formula is C11H14O6. The lowest BCUT2D eigenvalue weighted by Gasteiger charge is -2.13. The highest BCUT2D eigenvalue weighted by Crippen LogP contribution is 2.43. The highest BCUT2D eigenvalue weighted by atomic mass is 16.5. The van der Waals surface area contributed by atoms with Gasteiger partial charge in [-0.25, -0.2) is 0 Å². The summed E-state index contributed by atoms with van der Waals surface area (Å²) in [6, 6.07) is 1.20. The molecule has 0 radical (unpaired) electrons. The first-order chi connectivity index (χ1) is 8.06. The molecule has 0 atom stereocenters. The number of Topliss-reactive ketones (excluding diaryl/α,β-unsaturated/α-hetero) is 1. The van der Waals surface area contributed by atoms with Crippen molar-refractivity contribution in [3.8, 4) is 23.0 Å². The first kappa shape index (κ1) is 13.1. The van der Waals surface area contributed by atoms with Crippen molar-refractivity contribution in [2.24, 2.45) is 0 Å². The third-order valence-corrected chi connectivity index (χ3v) is 2.18. The number of aromatic hydroxyl groups is 2. The molecular weight excluding hydrogens is 228 g/mol. The van der Waals surface area contributed by atoms with Crippen molar-refractivity contribution in [3.05, 3.63) is 11.6 Å². The first-order valence-corrected chi connectivity index (χ1v) is 4.75. The lowest BCUT2D eigenvalue weighted by atomic mass is 10.1. The van der Waals surface area contributed by atoms with Crippen molar-refractivity contribution in [1.29, 1.82) is 0 Å². The molecule has 0 amide bonds. The Labute approximate surface area is 98.3 Å². The second-order valence-electron chi connectivity index (χ2n) is 3.21. The molecule has 0 aliphatic rings. The van der Waals surface area contributed by atoms with Crippen LogP contribution in [0, 0.1) is 0 Å². The normalized spacial score (nSPS) is 10.1. The SMILES string of the molecule is COCC(=O)c1c(OC)cc(O)c(OC)c1O. The van der Waals surface area contributed by atoms with Crippen LogP contribution in [0.25, 0.3) is 0 Å². The number of methoxy groups -OCH3 is 3. The van der Waals surface area contributed by atoms with E-state index in [1.54, 1.807) is 0 Å². The molecule has 0 aliphatic heterocycles. The minimum atomic E-state index is -0.472. The number of benzene rings is 1. The first-order valence-electron chi connectivity index (χ1n) is 4.75. The number of ether oxygens (including phenoxy) is 3. The zero-order valence-electron chi connectivity index (χ0n) is 9.81. The second-order valence-corrected chi connectivity index (χ2v) is 3.21. The highest BCUT2D eigenvalue weighted by molar-refractivity contribution is 6.03. The molecule has 0 unspecified atom stereocenters. The van der Waals surface area contributed by atoms with Crippen LogP contribution in [0.1, 0.15) is 10.4 Å². The monoisotopic (exact) mass is 242 g/mol. The smallest absolute Gasteiger partial charge is 0.203 e. The summed E-state index contributed by atoms with van der Waals surface area (Å²) in [4.78, 5) is 11.7. The van der Waals surface area contributed by atoms with Crippen molar-refractivity contribution in [2.45, 2.75) is 0 Å². The van der Waals surface area contributed by atoms with Gasteiger partial charge in [-0.2, -0.15) is 0 Å². The summed E-state index contributed by atoms with van der Waals surface area (Å²) in [5.74, 6) is -1.37. The van der Waals surface area contributed by atoms with Crippen LogP contribution < -0.4 is 9.47 Å². The quantitative estimate of drug-likeness (QED) is 0.747. The van der Waals surface area contributed by atoms with E-state index >= 15 is 0 Å². The molecule has 0 bridgehead atoms. The minimum Gasteiger partial charge on any atom is -0.504 e. The van der Waals surface area contributed by atoms with Gasteiger partial charge in [-0.05, 0) is 0 Å². The molecule has 0 aliphatic carbocycles. The van der Waals surface area contributed by atoms with Gasteiger partial charge in [-0.3, -0.25) is 4.79 Å². The van der Waals surface area contributed by atoms with E-state index in [2.05, 4.69) is 0 Å². The van der Waals surface area contributed by atoms with Crippen LogP contribution in [0.15, 0.2) is 6.07 Å². The predicted molar refractivity (Wildman–Crippen MR) is 59.1 cm³/mol. The Balaban J connectivity index is 3.39. The summed E-state index contributed by atoms with van der Waals surface area (Å²) in [7, 11) is 3.95. The Morgan fingerprint density at radius 3 is 2.35 bits per heavy atom. The third kappa shape index (κ3) is 2.42. The summed E-state index contributed by atoms with van der Waals surface area (Å²) in [5, 5.41) is 19.4. The Morgan fingerprint density at radius 1 is 1.24 bits per heavy atom. The molecule has 0 spiro atoms. The number of phenols is 2. The molecule has 1 aromatic carbocycles. The van der Waals surface area contributed by atoms with Gasteiger partial charge in [0.2, 0.25) is 5.75 Å². The molecule has 6 heteroatoms. The van der Waals surface area contributed by atoms with Crippen molar-refractivity contribution in [2.75, 3.05) is 27.9 Å². The van der Waals surface area contributed by atoms with Crippen LogP contribution in [-0.2, 0) is 4.74 Å². The summed E-state index contributed by atoms with van der Waals surface area (Å²) in [5.41, 5.74) is -0.0796. The number of carbonyl (C=O) groups is 1. The number of ketones is 1. The lowest BCUT2D eigenvalue weighted by Crippen LogP contribution is -2.09. The van der Waals surface area contributed by atoms with Gasteiger partial charge < -0.3 is 24.4 Å². The van der Waals surface area contributed by atoms with Crippen LogP contribution in [0.3, 0.4) is 0 Å². The van der Waals surface area contributed by atoms with Gasteiger partial charge in [0, 0.05) is 13.2 Å². The van der Waals surface area contributed by atoms with Crippen molar-refractivity contribution in [1.82, 2.24) is 0 Å². The summed E-state index contributed by atoms with van der Waals surface area (Å²) in [6.45, 7) is -0.210. The molecule has 0 saturated carbocycles. The zero-order valence-corrected chi connectivity index (χ0v) is 9.81. The maximum atomic E-state index is 11.7. The van der Waals surface area contributed by atoms with Gasteiger partial charge in [0.15, 0.2) is 17.3 Å². The predicted octanol–water partition coefficient (Wildman–Crippen LogP) is 0.944. The van der Waals surface area contributed by atoms with Crippen LogP contribution in [0.4, 0.5) is 0 Å². The fourth-order valence-corrected chi connectivity index (χ4v) is 1.45. The zero-order chi connectivity index (χ0) is 13.0. The van der Waals surface area contributed by atoms with Gasteiger partial charge in [0.1, 0.15) is 17.9 Å². The van der Waals surface area contributed by atoms with E-state index in [9.17, 15) is 15.0 Å². The summed E-state index contributed by atoms with van der Waals surface area (Å²) >= 11 is 0. The number of phenolic OH excluding ortho intramolecular Hbond substituents is 2. The molecule has 2 N–H and O–H groups in total. The topological polar surface area (TPSA) is 85.2 Å². The molecule has 94 valence electrons. The maximum absolute atomic E-state index is 11.7. The van der Waals surface area contributed by atoms with Crippen molar-refractivity contribution in [3.63, 3.8) is 0 Å². The average molecular weight is 242 g/mol. The van der Waals surface area contributed by atoms with E-state index in [-0.39, 0.29) is 29.4 Å².